The summed E-state index contributed by atoms with van der Waals surface area (Å²) >= 11 is 6.01. The lowest BCUT2D eigenvalue weighted by molar-refractivity contribution is -0.185. The Labute approximate surface area is 204 Å². The van der Waals surface area contributed by atoms with E-state index in [0.717, 1.165) is 24.8 Å². The highest BCUT2D eigenvalue weighted by Crippen LogP contribution is 2.52. The number of rotatable bonds is 10. The lowest BCUT2D eigenvalue weighted by Crippen LogP contribution is -2.41. The lowest BCUT2D eigenvalue weighted by atomic mass is 9.69. The van der Waals surface area contributed by atoms with Crippen molar-refractivity contribution in [3.63, 3.8) is 0 Å². The predicted octanol–water partition coefficient (Wildman–Crippen LogP) is 6.33. The summed E-state index contributed by atoms with van der Waals surface area (Å²) in [7, 11) is -3.32. The maximum absolute atomic E-state index is 12.6. The van der Waals surface area contributed by atoms with Gasteiger partial charge in [0.05, 0.1) is 23.9 Å². The Hall–Kier alpha value is -1.40. The zero-order valence-electron chi connectivity index (χ0n) is 20.2. The molecule has 0 unspecified atom stereocenters. The molecule has 1 aliphatic carbocycles. The van der Waals surface area contributed by atoms with Crippen LogP contribution < -0.4 is 0 Å². The molecule has 3 rings (SSSR count). The second-order valence-corrected chi connectivity index (χ2v) is 12.1. The van der Waals surface area contributed by atoms with Crippen molar-refractivity contribution in [2.24, 2.45) is 17.3 Å². The van der Waals surface area contributed by atoms with E-state index < -0.39 is 15.6 Å². The lowest BCUT2D eigenvalue weighted by Gasteiger charge is -2.39. The average molecular weight is 493 g/mol. The Morgan fingerprint density at radius 3 is 2.39 bits per heavy atom. The highest BCUT2D eigenvalue weighted by Gasteiger charge is 2.50. The molecule has 2 aliphatic rings. The van der Waals surface area contributed by atoms with E-state index in [1.807, 2.05) is 26.0 Å². The van der Waals surface area contributed by atoms with Crippen molar-refractivity contribution in [2.45, 2.75) is 57.6 Å². The highest BCUT2D eigenvalue weighted by molar-refractivity contribution is 7.91. The van der Waals surface area contributed by atoms with Crippen molar-refractivity contribution in [2.75, 3.05) is 24.8 Å². The molecule has 1 aromatic carbocycles. The minimum Gasteiger partial charge on any atom is -0.347 e. The van der Waals surface area contributed by atoms with Crippen LogP contribution in [0.25, 0.3) is 0 Å². The van der Waals surface area contributed by atoms with Crippen LogP contribution >= 0.6 is 11.6 Å². The van der Waals surface area contributed by atoms with Gasteiger partial charge in [0.1, 0.15) is 0 Å². The molecule has 33 heavy (non-hydrogen) atoms. The van der Waals surface area contributed by atoms with E-state index in [-0.39, 0.29) is 17.1 Å². The molecule has 1 aromatic rings. The predicted molar refractivity (Wildman–Crippen MR) is 135 cm³/mol. The van der Waals surface area contributed by atoms with Gasteiger partial charge in [-0.05, 0) is 63.5 Å². The van der Waals surface area contributed by atoms with E-state index >= 15 is 0 Å². The molecule has 182 valence electrons. The number of sulfone groups is 1. The number of halogens is 1. The van der Waals surface area contributed by atoms with Crippen LogP contribution in [-0.2, 0) is 19.3 Å². The third-order valence-corrected chi connectivity index (χ3v) is 9.15. The number of hydrogen-bond acceptors (Lipinski definition) is 4. The zero-order chi connectivity index (χ0) is 24.1. The van der Waals surface area contributed by atoms with Gasteiger partial charge in [-0.2, -0.15) is 0 Å². The molecule has 0 amide bonds. The van der Waals surface area contributed by atoms with Crippen LogP contribution in [0.3, 0.4) is 0 Å². The van der Waals surface area contributed by atoms with Gasteiger partial charge >= 0.3 is 0 Å². The van der Waals surface area contributed by atoms with E-state index in [9.17, 15) is 8.42 Å². The van der Waals surface area contributed by atoms with Gasteiger partial charge in [0.15, 0.2) is 15.6 Å². The highest BCUT2D eigenvalue weighted by atomic mass is 35.5. The summed E-state index contributed by atoms with van der Waals surface area (Å²) < 4.78 is 37.4. The molecule has 1 fully saturated rings. The third kappa shape index (κ3) is 6.39. The average Bonchev–Trinajstić information content (AvgIpc) is 3.39. The molecular weight excluding hydrogens is 456 g/mol. The van der Waals surface area contributed by atoms with Gasteiger partial charge in [0.2, 0.25) is 0 Å². The number of hydrogen-bond donors (Lipinski definition) is 0. The quantitative estimate of drug-likeness (QED) is 0.282. The van der Waals surface area contributed by atoms with Crippen LogP contribution in [0, 0.1) is 17.3 Å². The van der Waals surface area contributed by atoms with E-state index in [1.165, 1.54) is 5.57 Å². The maximum Gasteiger partial charge on any atom is 0.181 e. The smallest absolute Gasteiger partial charge is 0.181 e. The van der Waals surface area contributed by atoms with Crippen molar-refractivity contribution in [3.8, 4) is 0 Å². The maximum atomic E-state index is 12.6. The first-order chi connectivity index (χ1) is 15.6. The van der Waals surface area contributed by atoms with Crippen molar-refractivity contribution < 1.29 is 17.9 Å². The van der Waals surface area contributed by atoms with Gasteiger partial charge < -0.3 is 9.47 Å². The van der Waals surface area contributed by atoms with E-state index in [2.05, 4.69) is 32.1 Å². The third-order valence-electron chi connectivity index (χ3n) is 7.14. The molecule has 0 bridgehead atoms. The van der Waals surface area contributed by atoms with Crippen molar-refractivity contribution in [1.29, 1.82) is 0 Å². The first-order valence-electron chi connectivity index (χ1n) is 11.7. The minimum absolute atomic E-state index is 0.0219. The first-order valence-corrected chi connectivity index (χ1v) is 13.9. The fourth-order valence-corrected chi connectivity index (χ4v) is 6.27. The Kier molecular flexibility index (Phi) is 8.66. The second-order valence-electron chi connectivity index (χ2n) is 9.78. The van der Waals surface area contributed by atoms with Crippen molar-refractivity contribution in [3.05, 3.63) is 65.8 Å². The zero-order valence-corrected chi connectivity index (χ0v) is 21.8. The van der Waals surface area contributed by atoms with Crippen LogP contribution in [0.2, 0.25) is 0 Å². The molecule has 1 aliphatic heterocycles. The number of alkyl halides is 1. The van der Waals surface area contributed by atoms with Gasteiger partial charge in [-0.15, -0.1) is 11.6 Å². The fourth-order valence-electron chi connectivity index (χ4n) is 4.89. The Morgan fingerprint density at radius 1 is 1.09 bits per heavy atom. The standard InChI is InChI=1S/C27H37ClO4S/c1-21(14-19-33(29,30)23-8-6-5-7-9-23)10-11-24-25(27(4)31-17-18-32-27)13-16-26(24,3)15-12-22(2)20-28/h5-9,12-14,16,24-25H,10-11,15,17-20H2,1-4H3/b21-14+,22-12+/t24-,25+,26-/m1/s1. The van der Waals surface area contributed by atoms with Crippen LogP contribution in [-0.4, -0.2) is 39.1 Å². The molecule has 0 aromatic heterocycles. The van der Waals surface area contributed by atoms with E-state index in [0.29, 0.717) is 29.9 Å². The Morgan fingerprint density at radius 2 is 1.76 bits per heavy atom. The van der Waals surface area contributed by atoms with Crippen LogP contribution in [0.15, 0.2) is 70.7 Å². The molecule has 0 saturated carbocycles. The molecule has 0 N–H and O–H groups in total. The number of allylic oxidation sites excluding steroid dienone is 4. The molecule has 0 spiro atoms. The summed E-state index contributed by atoms with van der Waals surface area (Å²) in [5, 5.41) is 0. The van der Waals surface area contributed by atoms with E-state index in [1.54, 1.807) is 24.3 Å². The second kappa shape index (κ2) is 10.9. The fraction of sp³-hybridized carbons (Fsp3) is 0.556. The normalized spacial score (nSPS) is 27.9. The monoisotopic (exact) mass is 492 g/mol. The molecule has 1 saturated heterocycles. The van der Waals surface area contributed by atoms with Gasteiger partial charge in [-0.1, -0.05) is 60.6 Å². The number of ether oxygens (including phenoxy) is 2. The SMILES string of the molecule is C/C(=C\C[C@]1(C)C=C[C@H](C2(C)OCCO2)[C@H]1CC/C(C)=C/CS(=O)(=O)c1ccccc1)CCl. The van der Waals surface area contributed by atoms with Crippen molar-refractivity contribution in [1.82, 2.24) is 0 Å². The summed E-state index contributed by atoms with van der Waals surface area (Å²) in [6.45, 7) is 9.66. The first kappa shape index (κ1) is 26.2. The molecule has 4 nitrogen and oxygen atoms in total. The largest absolute Gasteiger partial charge is 0.347 e. The van der Waals surface area contributed by atoms with Crippen LogP contribution in [0.5, 0.6) is 0 Å². The van der Waals surface area contributed by atoms with Crippen LogP contribution in [0.1, 0.15) is 47.0 Å². The molecule has 6 heteroatoms. The van der Waals surface area contributed by atoms with Gasteiger partial charge in [-0.3, -0.25) is 0 Å². The van der Waals surface area contributed by atoms with E-state index in [4.69, 9.17) is 21.1 Å². The molecule has 0 radical (unpaired) electrons. The minimum atomic E-state index is -3.32. The molecule has 3 atom stereocenters. The topological polar surface area (TPSA) is 52.6 Å². The summed E-state index contributed by atoms with van der Waals surface area (Å²) in [6.07, 6.45) is 11.3. The summed E-state index contributed by atoms with van der Waals surface area (Å²) in [5.41, 5.74) is 2.23. The number of benzene rings is 1. The molecular formula is C27H37ClO4S. The van der Waals surface area contributed by atoms with Gasteiger partial charge in [-0.25, -0.2) is 8.42 Å². The molecule has 1 heterocycles. The van der Waals surface area contributed by atoms with Gasteiger partial charge in [0.25, 0.3) is 0 Å². The summed E-state index contributed by atoms with van der Waals surface area (Å²) in [6, 6.07) is 8.64. The van der Waals surface area contributed by atoms with Crippen LogP contribution in [0.4, 0.5) is 0 Å². The summed E-state index contributed by atoms with van der Waals surface area (Å²) in [4.78, 5) is 0.367. The Bertz CT molecular complexity index is 990. The Balaban J connectivity index is 1.73. The summed E-state index contributed by atoms with van der Waals surface area (Å²) in [5.74, 6) is 0.409. The van der Waals surface area contributed by atoms with Gasteiger partial charge in [0, 0.05) is 11.8 Å². The van der Waals surface area contributed by atoms with Crippen molar-refractivity contribution >= 4 is 21.4 Å².